The molecule has 0 aliphatic carbocycles. The maximum absolute atomic E-state index is 13.0. The highest BCUT2D eigenvalue weighted by Crippen LogP contribution is 2.40. The second kappa shape index (κ2) is 9.94. The van der Waals surface area contributed by atoms with Crippen LogP contribution in [0.3, 0.4) is 0 Å². The number of nitrogens with zero attached hydrogens (tertiary/aromatic N) is 1. The molecule has 2 heterocycles. The number of amides is 1. The Morgan fingerprint density at radius 1 is 1.15 bits per heavy atom. The molecule has 6 nitrogen and oxygen atoms in total. The number of rotatable bonds is 5. The van der Waals surface area contributed by atoms with Crippen molar-refractivity contribution in [2.75, 3.05) is 27.3 Å². The Bertz CT molecular complexity index is 1250. The number of allylic oxidation sites excluding steroid dienone is 1. The van der Waals surface area contributed by atoms with Crippen LogP contribution in [0.4, 0.5) is 0 Å². The van der Waals surface area contributed by atoms with E-state index in [9.17, 15) is 9.59 Å². The molecule has 1 saturated heterocycles. The molecule has 0 unspecified atom stereocenters. The van der Waals surface area contributed by atoms with Crippen molar-refractivity contribution in [2.24, 2.45) is 5.92 Å². The van der Waals surface area contributed by atoms with Crippen LogP contribution in [0.1, 0.15) is 30.9 Å². The Labute approximate surface area is 204 Å². The summed E-state index contributed by atoms with van der Waals surface area (Å²) in [6.45, 7) is 4.91. The number of fused-ring (bicyclic) bond motifs is 1. The molecule has 1 fully saturated rings. The van der Waals surface area contributed by atoms with Gasteiger partial charge < -0.3 is 18.8 Å². The first-order valence-electron chi connectivity index (χ1n) is 11.2. The molecule has 0 bridgehead atoms. The number of likely N-dealkylation sites (tertiary alicyclic amines) is 1. The number of esters is 1. The Kier molecular flexibility index (Phi) is 6.98. The number of carbonyl (C=O) groups excluding carboxylic acids is 2. The molecule has 0 radical (unpaired) electrons. The van der Waals surface area contributed by atoms with Crippen molar-refractivity contribution >= 4 is 40.0 Å². The van der Waals surface area contributed by atoms with Gasteiger partial charge in [0.25, 0.3) is 0 Å². The van der Waals surface area contributed by atoms with Crippen molar-refractivity contribution in [3.63, 3.8) is 0 Å². The first-order valence-corrected chi connectivity index (χ1v) is 11.6. The van der Waals surface area contributed by atoms with Crippen LogP contribution in [0.2, 0.25) is 5.02 Å². The molecule has 0 N–H and O–H groups in total. The zero-order valence-corrected chi connectivity index (χ0v) is 20.6. The van der Waals surface area contributed by atoms with Gasteiger partial charge >= 0.3 is 5.97 Å². The second-order valence-electron chi connectivity index (χ2n) is 8.57. The molecule has 1 aromatic heterocycles. The minimum Gasteiger partial charge on any atom is -0.496 e. The van der Waals surface area contributed by atoms with Gasteiger partial charge in [0.05, 0.1) is 26.4 Å². The minimum absolute atomic E-state index is 0.0780. The number of piperidine rings is 1. The van der Waals surface area contributed by atoms with Gasteiger partial charge in [0.2, 0.25) is 5.91 Å². The molecule has 1 aliphatic heterocycles. The van der Waals surface area contributed by atoms with Gasteiger partial charge in [-0.15, -0.1) is 0 Å². The smallest absolute Gasteiger partial charge is 0.308 e. The molecule has 7 heteroatoms. The van der Waals surface area contributed by atoms with Gasteiger partial charge in [-0.2, -0.15) is 0 Å². The fourth-order valence-electron chi connectivity index (χ4n) is 4.58. The van der Waals surface area contributed by atoms with E-state index in [1.54, 1.807) is 24.3 Å². The molecule has 0 saturated carbocycles. The van der Waals surface area contributed by atoms with Crippen LogP contribution >= 0.6 is 11.6 Å². The zero-order chi connectivity index (χ0) is 24.4. The van der Waals surface area contributed by atoms with Crippen LogP contribution in [0.5, 0.6) is 5.75 Å². The largest absolute Gasteiger partial charge is 0.496 e. The van der Waals surface area contributed by atoms with E-state index in [4.69, 9.17) is 25.5 Å². The van der Waals surface area contributed by atoms with E-state index in [0.717, 1.165) is 38.8 Å². The maximum atomic E-state index is 13.0. The Morgan fingerprint density at radius 3 is 2.44 bits per heavy atom. The van der Waals surface area contributed by atoms with Crippen LogP contribution in [-0.2, 0) is 14.3 Å². The van der Waals surface area contributed by atoms with Crippen LogP contribution in [0.25, 0.3) is 27.7 Å². The maximum Gasteiger partial charge on any atom is 0.308 e. The van der Waals surface area contributed by atoms with Crippen molar-refractivity contribution in [3.05, 3.63) is 58.8 Å². The van der Waals surface area contributed by atoms with Gasteiger partial charge in [0, 0.05) is 46.3 Å². The number of hydrogen-bond acceptors (Lipinski definition) is 5. The Balaban J connectivity index is 1.66. The minimum atomic E-state index is -0.205. The van der Waals surface area contributed by atoms with Crippen molar-refractivity contribution in [3.8, 4) is 16.9 Å². The molecule has 0 spiro atoms. The summed E-state index contributed by atoms with van der Waals surface area (Å²) < 4.78 is 16.5. The van der Waals surface area contributed by atoms with Crippen molar-refractivity contribution in [1.29, 1.82) is 0 Å². The molecule has 4 rings (SSSR count). The van der Waals surface area contributed by atoms with Crippen LogP contribution in [0, 0.1) is 12.8 Å². The number of methoxy groups -OCH3 is 2. The van der Waals surface area contributed by atoms with Crippen LogP contribution in [-0.4, -0.2) is 44.1 Å². The molecule has 3 aromatic rings. The quantitative estimate of drug-likeness (QED) is 0.336. The van der Waals surface area contributed by atoms with E-state index in [2.05, 4.69) is 0 Å². The fraction of sp³-hybridized carbons (Fsp3) is 0.333. The lowest BCUT2D eigenvalue weighted by Crippen LogP contribution is -2.39. The monoisotopic (exact) mass is 481 g/mol. The van der Waals surface area contributed by atoms with E-state index in [0.29, 0.717) is 36.7 Å². The van der Waals surface area contributed by atoms with Gasteiger partial charge in [0.1, 0.15) is 11.3 Å². The summed E-state index contributed by atoms with van der Waals surface area (Å²) in [4.78, 5) is 26.6. The molecule has 0 atom stereocenters. The average molecular weight is 482 g/mol. The van der Waals surface area contributed by atoms with E-state index in [-0.39, 0.29) is 17.8 Å². The SMILES string of the molecule is COC(=O)C1CCN(C(=O)/C=C(\C)c2cc3c(-c4ccc(Cl)cc4)coc3c(C)c2OC)CC1. The molecule has 178 valence electrons. The van der Waals surface area contributed by atoms with Gasteiger partial charge in [0.15, 0.2) is 0 Å². The van der Waals surface area contributed by atoms with E-state index in [1.807, 2.05) is 44.2 Å². The fourth-order valence-corrected chi connectivity index (χ4v) is 4.71. The van der Waals surface area contributed by atoms with E-state index >= 15 is 0 Å². The summed E-state index contributed by atoms with van der Waals surface area (Å²) in [6.07, 6.45) is 4.60. The second-order valence-corrected chi connectivity index (χ2v) is 9.00. The predicted molar refractivity (Wildman–Crippen MR) is 133 cm³/mol. The highest BCUT2D eigenvalue weighted by Gasteiger charge is 2.27. The number of furan rings is 1. The summed E-state index contributed by atoms with van der Waals surface area (Å²) in [7, 11) is 3.02. The molecular weight excluding hydrogens is 454 g/mol. The standard InChI is InChI=1S/C27H28ClNO5/c1-16(13-24(30)29-11-9-19(10-12-29)27(31)33-4)21-14-22-23(18-5-7-20(28)8-6-18)15-34-26(22)17(2)25(21)32-3/h5-8,13-15,19H,9-12H2,1-4H3/b16-13+. The summed E-state index contributed by atoms with van der Waals surface area (Å²) in [5.74, 6) is 0.252. The van der Waals surface area contributed by atoms with Crippen molar-refractivity contribution < 1.29 is 23.5 Å². The highest BCUT2D eigenvalue weighted by atomic mass is 35.5. The van der Waals surface area contributed by atoms with Gasteiger partial charge in [-0.05, 0) is 56.0 Å². The molecule has 1 aliphatic rings. The third kappa shape index (κ3) is 4.55. The third-order valence-electron chi connectivity index (χ3n) is 6.51. The lowest BCUT2D eigenvalue weighted by Gasteiger charge is -2.30. The van der Waals surface area contributed by atoms with E-state index < -0.39 is 0 Å². The van der Waals surface area contributed by atoms with Gasteiger partial charge in [-0.3, -0.25) is 9.59 Å². The number of carbonyl (C=O) groups is 2. The normalized spacial score (nSPS) is 15.0. The number of hydrogen-bond donors (Lipinski definition) is 0. The molecular formula is C27H28ClNO5. The average Bonchev–Trinajstić information content (AvgIpc) is 3.28. The Morgan fingerprint density at radius 2 is 1.82 bits per heavy atom. The summed E-state index contributed by atoms with van der Waals surface area (Å²) in [5.41, 5.74) is 5.18. The highest BCUT2D eigenvalue weighted by molar-refractivity contribution is 6.30. The number of ether oxygens (including phenoxy) is 2. The van der Waals surface area contributed by atoms with Crippen molar-refractivity contribution in [1.82, 2.24) is 4.90 Å². The summed E-state index contributed by atoms with van der Waals surface area (Å²) in [6, 6.07) is 9.61. The van der Waals surface area contributed by atoms with Crippen molar-refractivity contribution in [2.45, 2.75) is 26.7 Å². The van der Waals surface area contributed by atoms with Crippen LogP contribution < -0.4 is 4.74 Å². The molecule has 2 aromatic carbocycles. The zero-order valence-electron chi connectivity index (χ0n) is 19.8. The van der Waals surface area contributed by atoms with Gasteiger partial charge in [-0.25, -0.2) is 0 Å². The first kappa shape index (κ1) is 23.9. The topological polar surface area (TPSA) is 69.0 Å². The molecule has 34 heavy (non-hydrogen) atoms. The Hall–Kier alpha value is -3.25. The third-order valence-corrected chi connectivity index (χ3v) is 6.76. The lowest BCUT2D eigenvalue weighted by atomic mass is 9.95. The summed E-state index contributed by atoms with van der Waals surface area (Å²) in [5, 5.41) is 1.61. The number of aryl methyl sites for hydroxylation is 1. The lowest BCUT2D eigenvalue weighted by molar-refractivity contribution is -0.148. The summed E-state index contributed by atoms with van der Waals surface area (Å²) >= 11 is 6.06. The number of benzene rings is 2. The first-order chi connectivity index (χ1) is 16.3. The molecule has 1 amide bonds. The van der Waals surface area contributed by atoms with Crippen LogP contribution in [0.15, 0.2) is 47.1 Å². The van der Waals surface area contributed by atoms with Gasteiger partial charge in [-0.1, -0.05) is 23.7 Å². The van der Waals surface area contributed by atoms with E-state index in [1.165, 1.54) is 7.11 Å². The number of halogens is 1. The predicted octanol–water partition coefficient (Wildman–Crippen LogP) is 5.89.